The summed E-state index contributed by atoms with van der Waals surface area (Å²) in [6.45, 7) is 1.39. The fourth-order valence-electron chi connectivity index (χ4n) is 2.63. The molecule has 0 saturated heterocycles. The van der Waals surface area contributed by atoms with Crippen LogP contribution in [0.25, 0.3) is 0 Å². The smallest absolute Gasteiger partial charge is 0.326 e. The van der Waals surface area contributed by atoms with E-state index < -0.39 is 66.1 Å². The molecule has 0 saturated carbocycles. The van der Waals surface area contributed by atoms with Crippen molar-refractivity contribution < 1.29 is 33.9 Å². The largest absolute Gasteiger partial charge is 0.480 e. The van der Waals surface area contributed by atoms with Gasteiger partial charge in [0.15, 0.2) is 0 Å². The van der Waals surface area contributed by atoms with Crippen LogP contribution in [0.4, 0.5) is 0 Å². The van der Waals surface area contributed by atoms with E-state index in [1.54, 1.807) is 0 Å². The number of aromatic nitrogens is 2. The molecule has 15 nitrogen and oxygen atoms in total. The summed E-state index contributed by atoms with van der Waals surface area (Å²) in [5.74, 6) is -5.63. The van der Waals surface area contributed by atoms with Gasteiger partial charge < -0.3 is 43.2 Å². The fourth-order valence-corrected chi connectivity index (χ4v) is 2.63. The Morgan fingerprint density at radius 1 is 0.970 bits per heavy atom. The Hall–Kier alpha value is -4.01. The highest BCUT2D eigenvalue weighted by molar-refractivity contribution is 5.95. The molecule has 11 N–H and O–H groups in total. The third-order valence-electron chi connectivity index (χ3n) is 4.36. The molecule has 182 valence electrons. The summed E-state index contributed by atoms with van der Waals surface area (Å²) < 4.78 is 0. The monoisotopic (exact) mass is 468 g/mol. The van der Waals surface area contributed by atoms with Gasteiger partial charge in [0, 0.05) is 24.7 Å². The Labute approximate surface area is 188 Å². The molecule has 15 heteroatoms. The second kappa shape index (κ2) is 12.7. The first kappa shape index (κ1) is 27.0. The molecule has 0 aliphatic rings. The topological polar surface area (TPSA) is 265 Å². The summed E-state index contributed by atoms with van der Waals surface area (Å²) in [5, 5.41) is 16.1. The molecule has 0 spiro atoms. The van der Waals surface area contributed by atoms with Gasteiger partial charge >= 0.3 is 5.97 Å². The first-order valence-electron chi connectivity index (χ1n) is 9.84. The molecule has 0 fully saturated rings. The molecule has 5 amide bonds. The van der Waals surface area contributed by atoms with Crippen LogP contribution in [0.5, 0.6) is 0 Å². The molecule has 1 aromatic heterocycles. The number of carboxylic acids is 1. The van der Waals surface area contributed by atoms with Crippen molar-refractivity contribution >= 4 is 35.5 Å². The maximum absolute atomic E-state index is 12.8. The lowest BCUT2D eigenvalue weighted by atomic mass is 10.1. The van der Waals surface area contributed by atoms with Crippen LogP contribution in [0.1, 0.15) is 31.9 Å². The highest BCUT2D eigenvalue weighted by Gasteiger charge is 2.31. The number of carbonyl (C=O) groups is 6. The number of aromatic amines is 1. The lowest BCUT2D eigenvalue weighted by Gasteiger charge is -2.24. The molecule has 0 bridgehead atoms. The lowest BCUT2D eigenvalue weighted by Crippen LogP contribution is -2.57. The zero-order chi connectivity index (χ0) is 25.1. The van der Waals surface area contributed by atoms with Crippen molar-refractivity contribution in [2.75, 3.05) is 0 Å². The molecular formula is C18H28N8O7. The first-order valence-corrected chi connectivity index (χ1v) is 9.84. The summed E-state index contributed by atoms with van der Waals surface area (Å²) in [5.41, 5.74) is 16.1. The quantitative estimate of drug-likeness (QED) is 0.132. The average molecular weight is 468 g/mol. The summed E-state index contributed by atoms with van der Waals surface area (Å²) >= 11 is 0. The van der Waals surface area contributed by atoms with E-state index in [2.05, 4.69) is 25.9 Å². The van der Waals surface area contributed by atoms with Crippen LogP contribution in [-0.2, 0) is 35.2 Å². The Kier molecular flexibility index (Phi) is 10.4. The summed E-state index contributed by atoms with van der Waals surface area (Å²) in [6, 6.07) is -5.17. The number of hydrogen-bond donors (Lipinski definition) is 8. The Morgan fingerprint density at radius 2 is 1.55 bits per heavy atom. The number of H-pyrrole nitrogens is 1. The molecule has 0 aliphatic carbocycles. The molecule has 1 heterocycles. The fraction of sp³-hybridized carbons (Fsp3) is 0.500. The van der Waals surface area contributed by atoms with Crippen molar-refractivity contribution in [3.63, 3.8) is 0 Å². The van der Waals surface area contributed by atoms with Gasteiger partial charge in [0.2, 0.25) is 29.5 Å². The number of nitrogens with zero attached hydrogens (tertiary/aromatic N) is 1. The van der Waals surface area contributed by atoms with Crippen molar-refractivity contribution in [3.8, 4) is 0 Å². The van der Waals surface area contributed by atoms with Crippen molar-refractivity contribution in [1.82, 2.24) is 25.9 Å². The van der Waals surface area contributed by atoms with Crippen LogP contribution >= 0.6 is 0 Å². The minimum absolute atomic E-state index is 0.135. The number of carbonyl (C=O) groups excluding carboxylic acids is 5. The van der Waals surface area contributed by atoms with Gasteiger partial charge in [-0.15, -0.1) is 0 Å². The van der Waals surface area contributed by atoms with Crippen molar-refractivity contribution in [2.24, 2.45) is 17.2 Å². The van der Waals surface area contributed by atoms with E-state index in [1.165, 1.54) is 19.4 Å². The van der Waals surface area contributed by atoms with E-state index in [4.69, 9.17) is 17.2 Å². The number of nitrogens with two attached hydrogens (primary N) is 3. The summed E-state index contributed by atoms with van der Waals surface area (Å²) in [4.78, 5) is 77.7. The molecular weight excluding hydrogens is 440 g/mol. The normalized spacial score (nSPS) is 14.2. The highest BCUT2D eigenvalue weighted by Crippen LogP contribution is 2.04. The molecule has 0 radical (unpaired) electrons. The molecule has 33 heavy (non-hydrogen) atoms. The minimum atomic E-state index is -1.63. The van der Waals surface area contributed by atoms with Gasteiger partial charge in [0.25, 0.3) is 0 Å². The number of primary amides is 2. The van der Waals surface area contributed by atoms with E-state index >= 15 is 0 Å². The zero-order valence-electron chi connectivity index (χ0n) is 17.9. The van der Waals surface area contributed by atoms with Crippen LogP contribution in [0.2, 0.25) is 0 Å². The van der Waals surface area contributed by atoms with Gasteiger partial charge in [-0.05, 0) is 13.3 Å². The molecule has 1 aromatic rings. The number of hydrogen-bond acceptors (Lipinski definition) is 8. The number of imidazole rings is 1. The number of rotatable bonds is 14. The lowest BCUT2D eigenvalue weighted by molar-refractivity contribution is -0.143. The predicted octanol–water partition coefficient (Wildman–Crippen LogP) is -4.02. The maximum Gasteiger partial charge on any atom is 0.326 e. The minimum Gasteiger partial charge on any atom is -0.480 e. The van der Waals surface area contributed by atoms with E-state index in [9.17, 15) is 33.9 Å². The van der Waals surface area contributed by atoms with Crippen LogP contribution in [0.3, 0.4) is 0 Å². The third-order valence-corrected chi connectivity index (χ3v) is 4.36. The average Bonchev–Trinajstić information content (AvgIpc) is 3.22. The van der Waals surface area contributed by atoms with Gasteiger partial charge in [0.05, 0.1) is 18.8 Å². The van der Waals surface area contributed by atoms with Gasteiger partial charge in [-0.3, -0.25) is 24.0 Å². The zero-order valence-corrected chi connectivity index (χ0v) is 17.9. The van der Waals surface area contributed by atoms with Gasteiger partial charge in [0.1, 0.15) is 18.1 Å². The Balaban J connectivity index is 3.07. The van der Waals surface area contributed by atoms with Crippen LogP contribution in [-0.4, -0.2) is 74.7 Å². The van der Waals surface area contributed by atoms with Crippen LogP contribution in [0, 0.1) is 0 Å². The second-order valence-electron chi connectivity index (χ2n) is 7.27. The summed E-state index contributed by atoms with van der Waals surface area (Å²) in [7, 11) is 0. The number of nitrogens with one attached hydrogen (secondary N) is 4. The Morgan fingerprint density at radius 3 is 2.03 bits per heavy atom. The SMILES string of the molecule is CC(N)C(=O)NC(CCC(N)=O)C(=O)NC(Cc1cnc[nH]1)C(=O)NC(CC(N)=O)C(=O)O. The Bertz CT molecular complexity index is 871. The molecule has 0 aliphatic heterocycles. The van der Waals surface area contributed by atoms with E-state index in [1.807, 2.05) is 0 Å². The van der Waals surface area contributed by atoms with Crippen LogP contribution < -0.4 is 33.2 Å². The molecule has 4 unspecified atom stereocenters. The van der Waals surface area contributed by atoms with E-state index in [-0.39, 0.29) is 19.3 Å². The van der Waals surface area contributed by atoms with Crippen LogP contribution in [0.15, 0.2) is 12.5 Å². The molecule has 4 atom stereocenters. The van der Waals surface area contributed by atoms with Crippen molar-refractivity contribution in [2.45, 2.75) is 56.8 Å². The van der Waals surface area contributed by atoms with Gasteiger partial charge in [-0.25, -0.2) is 9.78 Å². The molecule has 0 aromatic carbocycles. The van der Waals surface area contributed by atoms with Crippen molar-refractivity contribution in [1.29, 1.82) is 0 Å². The van der Waals surface area contributed by atoms with Crippen molar-refractivity contribution in [3.05, 3.63) is 18.2 Å². The van der Waals surface area contributed by atoms with Gasteiger partial charge in [-0.2, -0.15) is 0 Å². The first-order chi connectivity index (χ1) is 15.4. The second-order valence-corrected chi connectivity index (χ2v) is 7.27. The highest BCUT2D eigenvalue weighted by atomic mass is 16.4. The number of aliphatic carboxylic acids is 1. The maximum atomic E-state index is 12.8. The van der Waals surface area contributed by atoms with Gasteiger partial charge in [-0.1, -0.05) is 0 Å². The van der Waals surface area contributed by atoms with E-state index in [0.717, 1.165) is 0 Å². The molecule has 1 rings (SSSR count). The standard InChI is InChI=1S/C18H28N8O7/c1-8(19)15(29)24-10(2-3-13(20)27)16(30)25-11(4-9-6-22-7-23-9)17(31)26-12(18(32)33)5-14(21)28/h6-8,10-12H,2-5,19H2,1H3,(H2,20,27)(H2,21,28)(H,22,23)(H,24,29)(H,25,30)(H,26,31)(H,32,33). The summed E-state index contributed by atoms with van der Waals surface area (Å²) in [6.07, 6.45) is 1.50. The van der Waals surface area contributed by atoms with E-state index in [0.29, 0.717) is 5.69 Å². The third kappa shape index (κ3) is 9.77. The number of carboxylic acid groups (broad SMARTS) is 1. The number of amides is 5. The predicted molar refractivity (Wildman–Crippen MR) is 112 cm³/mol.